The molecule has 8 nitrogen and oxygen atoms in total. The fraction of sp³-hybridized carbons (Fsp3) is 0.0417. The number of hydrogen-bond acceptors (Lipinski definition) is 7. The summed E-state index contributed by atoms with van der Waals surface area (Å²) in [6, 6.07) is 16.4. The van der Waals surface area contributed by atoms with Crippen molar-refractivity contribution in [1.29, 1.82) is 0 Å². The van der Waals surface area contributed by atoms with Gasteiger partial charge in [-0.25, -0.2) is 29.1 Å². The third-order valence-electron chi connectivity index (χ3n) is 5.14. The molecule has 2 N–H and O–H groups in total. The standard InChI is InChI=1S/C24H17FN6O2/c1-33-24(32)15-6-10-17(11-7-15)31-22(18-3-2-12-27-20(18)26)30-21-23(31)29-19(13-28-21)14-4-8-16(25)9-5-14/h2-13H,1H3,(H2,26,27). The number of hydrogen-bond donors (Lipinski definition) is 1. The van der Waals surface area contributed by atoms with Gasteiger partial charge >= 0.3 is 5.97 Å². The first kappa shape index (κ1) is 20.3. The second-order valence-electron chi connectivity index (χ2n) is 7.15. The Bertz CT molecular complexity index is 1480. The van der Waals surface area contributed by atoms with Gasteiger partial charge in [0.05, 0.1) is 30.1 Å². The molecule has 2 aromatic carbocycles. The predicted octanol–water partition coefficient (Wildman–Crippen LogP) is 4.05. The fourth-order valence-corrected chi connectivity index (χ4v) is 3.51. The molecule has 162 valence electrons. The molecule has 3 heterocycles. The number of halogens is 1. The first-order valence-electron chi connectivity index (χ1n) is 9.96. The molecule has 0 aliphatic rings. The highest BCUT2D eigenvalue weighted by molar-refractivity contribution is 5.90. The van der Waals surface area contributed by atoms with Gasteiger partial charge in [0.25, 0.3) is 0 Å². The largest absolute Gasteiger partial charge is 0.465 e. The average Bonchev–Trinajstić information content (AvgIpc) is 3.23. The first-order valence-corrected chi connectivity index (χ1v) is 9.96. The lowest BCUT2D eigenvalue weighted by Crippen LogP contribution is -2.04. The number of carbonyl (C=O) groups excluding carboxylic acids is 1. The highest BCUT2D eigenvalue weighted by atomic mass is 19.1. The maximum atomic E-state index is 13.4. The van der Waals surface area contributed by atoms with Gasteiger partial charge < -0.3 is 10.5 Å². The lowest BCUT2D eigenvalue weighted by atomic mass is 10.1. The number of aromatic nitrogens is 5. The zero-order valence-corrected chi connectivity index (χ0v) is 17.4. The van der Waals surface area contributed by atoms with Crippen LogP contribution in [0.3, 0.4) is 0 Å². The van der Waals surface area contributed by atoms with Gasteiger partial charge in [-0.05, 0) is 60.7 Å². The summed E-state index contributed by atoms with van der Waals surface area (Å²) in [4.78, 5) is 29.9. The number of nitrogens with two attached hydrogens (primary N) is 1. The van der Waals surface area contributed by atoms with Gasteiger partial charge in [0.2, 0.25) is 0 Å². The maximum Gasteiger partial charge on any atom is 0.337 e. The van der Waals surface area contributed by atoms with Crippen LogP contribution in [0.1, 0.15) is 10.4 Å². The number of ether oxygens (including phenoxy) is 1. The number of methoxy groups -OCH3 is 1. The number of rotatable bonds is 4. The van der Waals surface area contributed by atoms with Gasteiger partial charge in [-0.1, -0.05) is 0 Å². The van der Waals surface area contributed by atoms with E-state index in [2.05, 4.69) is 15.0 Å². The molecular formula is C24H17FN6O2. The summed E-state index contributed by atoms with van der Waals surface area (Å²) in [5.74, 6) is 0.0293. The van der Waals surface area contributed by atoms with Gasteiger partial charge in [-0.3, -0.25) is 4.57 Å². The van der Waals surface area contributed by atoms with E-state index in [1.807, 2.05) is 6.07 Å². The topological polar surface area (TPSA) is 109 Å². The van der Waals surface area contributed by atoms with E-state index in [0.29, 0.717) is 51.0 Å². The van der Waals surface area contributed by atoms with E-state index in [-0.39, 0.29) is 5.82 Å². The van der Waals surface area contributed by atoms with Crippen LogP contribution in [0.15, 0.2) is 73.1 Å². The van der Waals surface area contributed by atoms with Gasteiger partial charge in [-0.2, -0.15) is 0 Å². The number of pyridine rings is 1. The normalized spacial score (nSPS) is 11.0. The van der Waals surface area contributed by atoms with Crippen LogP contribution in [-0.4, -0.2) is 37.6 Å². The molecule has 0 saturated carbocycles. The molecular weight excluding hydrogens is 423 g/mol. The van der Waals surface area contributed by atoms with Gasteiger partial charge in [-0.15, -0.1) is 0 Å². The number of esters is 1. The highest BCUT2D eigenvalue weighted by Crippen LogP contribution is 2.31. The third-order valence-corrected chi connectivity index (χ3v) is 5.14. The Kier molecular flexibility index (Phi) is 4.98. The third kappa shape index (κ3) is 3.65. The van der Waals surface area contributed by atoms with Crippen LogP contribution >= 0.6 is 0 Å². The minimum Gasteiger partial charge on any atom is -0.465 e. The number of benzene rings is 2. The SMILES string of the molecule is COC(=O)c1ccc(-n2c(-c3cccnc3N)nc3ncc(-c4ccc(F)cc4)nc32)cc1. The molecule has 0 aliphatic heterocycles. The van der Waals surface area contributed by atoms with Crippen LogP contribution in [0.5, 0.6) is 0 Å². The molecule has 0 saturated heterocycles. The van der Waals surface area contributed by atoms with Gasteiger partial charge in [0.15, 0.2) is 17.1 Å². The van der Waals surface area contributed by atoms with E-state index in [0.717, 1.165) is 0 Å². The summed E-state index contributed by atoms with van der Waals surface area (Å²) in [5, 5.41) is 0. The molecule has 0 radical (unpaired) electrons. The summed E-state index contributed by atoms with van der Waals surface area (Å²) in [7, 11) is 1.33. The van der Waals surface area contributed by atoms with Crippen LogP contribution in [0, 0.1) is 5.82 Å². The van der Waals surface area contributed by atoms with Crippen LogP contribution in [-0.2, 0) is 4.74 Å². The summed E-state index contributed by atoms with van der Waals surface area (Å²) in [5.41, 5.74) is 9.98. The lowest BCUT2D eigenvalue weighted by Gasteiger charge is -2.11. The second-order valence-corrected chi connectivity index (χ2v) is 7.15. The summed E-state index contributed by atoms with van der Waals surface area (Å²) >= 11 is 0. The summed E-state index contributed by atoms with van der Waals surface area (Å²) < 4.78 is 20.0. The number of anilines is 1. The number of nitrogens with zero attached hydrogens (tertiary/aromatic N) is 5. The van der Waals surface area contributed by atoms with E-state index in [1.54, 1.807) is 59.4 Å². The smallest absolute Gasteiger partial charge is 0.337 e. The van der Waals surface area contributed by atoms with E-state index in [4.69, 9.17) is 15.5 Å². The number of nitrogen functional groups attached to an aromatic ring is 1. The predicted molar refractivity (Wildman–Crippen MR) is 121 cm³/mol. The lowest BCUT2D eigenvalue weighted by molar-refractivity contribution is 0.0600. The van der Waals surface area contributed by atoms with Crippen molar-refractivity contribution in [3.8, 4) is 28.3 Å². The molecule has 0 amide bonds. The van der Waals surface area contributed by atoms with Crippen molar-refractivity contribution in [3.63, 3.8) is 0 Å². The fourth-order valence-electron chi connectivity index (χ4n) is 3.51. The molecule has 9 heteroatoms. The monoisotopic (exact) mass is 440 g/mol. The van der Waals surface area contributed by atoms with E-state index in [1.165, 1.54) is 19.2 Å². The van der Waals surface area contributed by atoms with Gasteiger partial charge in [0, 0.05) is 17.4 Å². The van der Waals surface area contributed by atoms with Crippen LogP contribution in [0.25, 0.3) is 39.6 Å². The van der Waals surface area contributed by atoms with Gasteiger partial charge in [0.1, 0.15) is 11.6 Å². The molecule has 0 atom stereocenters. The number of fused-ring (bicyclic) bond motifs is 1. The molecule has 0 unspecified atom stereocenters. The van der Waals surface area contributed by atoms with Crippen molar-refractivity contribution < 1.29 is 13.9 Å². The van der Waals surface area contributed by atoms with E-state index in [9.17, 15) is 9.18 Å². The summed E-state index contributed by atoms with van der Waals surface area (Å²) in [6.07, 6.45) is 3.18. The Morgan fingerprint density at radius 1 is 1.00 bits per heavy atom. The molecule has 33 heavy (non-hydrogen) atoms. The maximum absolute atomic E-state index is 13.4. The van der Waals surface area contributed by atoms with Crippen molar-refractivity contribution in [2.75, 3.05) is 12.8 Å². The zero-order chi connectivity index (χ0) is 22.9. The molecule has 5 rings (SSSR count). The zero-order valence-electron chi connectivity index (χ0n) is 17.4. The summed E-state index contributed by atoms with van der Waals surface area (Å²) in [6.45, 7) is 0. The first-order chi connectivity index (χ1) is 16.0. The van der Waals surface area contributed by atoms with Crippen LogP contribution in [0.2, 0.25) is 0 Å². The number of carbonyl (C=O) groups is 1. The van der Waals surface area contributed by atoms with Crippen molar-refractivity contribution in [3.05, 3.63) is 84.4 Å². The average molecular weight is 440 g/mol. The molecule has 0 bridgehead atoms. The molecule has 0 aliphatic carbocycles. The molecule has 3 aromatic heterocycles. The Morgan fingerprint density at radius 3 is 2.45 bits per heavy atom. The quantitative estimate of drug-likeness (QED) is 0.420. The Balaban J connectivity index is 1.75. The van der Waals surface area contributed by atoms with Crippen molar-refractivity contribution in [1.82, 2.24) is 24.5 Å². The Hall–Kier alpha value is -4.66. The van der Waals surface area contributed by atoms with E-state index < -0.39 is 5.97 Å². The van der Waals surface area contributed by atoms with E-state index >= 15 is 0 Å². The number of imidazole rings is 1. The van der Waals surface area contributed by atoms with Crippen LogP contribution < -0.4 is 5.73 Å². The minimum atomic E-state index is -0.438. The Morgan fingerprint density at radius 2 is 1.76 bits per heavy atom. The minimum absolute atomic E-state index is 0.305. The second kappa shape index (κ2) is 8.12. The molecule has 0 spiro atoms. The molecule has 0 fully saturated rings. The Labute approximate surface area is 187 Å². The molecule has 5 aromatic rings. The van der Waals surface area contributed by atoms with Crippen molar-refractivity contribution >= 4 is 23.1 Å². The van der Waals surface area contributed by atoms with Crippen molar-refractivity contribution in [2.24, 2.45) is 0 Å². The highest BCUT2D eigenvalue weighted by Gasteiger charge is 2.20. The van der Waals surface area contributed by atoms with Crippen LogP contribution in [0.4, 0.5) is 10.2 Å². The van der Waals surface area contributed by atoms with Crippen molar-refractivity contribution in [2.45, 2.75) is 0 Å².